The van der Waals surface area contributed by atoms with E-state index >= 15 is 0 Å². The van der Waals surface area contributed by atoms with Gasteiger partial charge in [-0.05, 0) is 18.2 Å². The van der Waals surface area contributed by atoms with Crippen LogP contribution in [0.2, 0.25) is 0 Å². The lowest BCUT2D eigenvalue weighted by Gasteiger charge is -2.28. The Morgan fingerprint density at radius 3 is 2.71 bits per heavy atom. The van der Waals surface area contributed by atoms with E-state index in [9.17, 15) is 4.79 Å². The number of nitrogens with zero attached hydrogens (tertiary/aromatic N) is 3. The number of carbonyl (C=O) groups excluding carboxylic acids is 1. The second kappa shape index (κ2) is 3.86. The fourth-order valence-electron chi connectivity index (χ4n) is 1.83. The summed E-state index contributed by atoms with van der Waals surface area (Å²) < 4.78 is 0. The van der Waals surface area contributed by atoms with Gasteiger partial charge in [-0.3, -0.25) is 4.79 Å². The highest BCUT2D eigenvalue weighted by Crippen LogP contribution is 2.32. The van der Waals surface area contributed by atoms with Crippen LogP contribution < -0.4 is 10.2 Å². The minimum atomic E-state index is -0.0603. The van der Waals surface area contributed by atoms with Crippen LogP contribution in [0.1, 0.15) is 0 Å². The summed E-state index contributed by atoms with van der Waals surface area (Å²) in [6, 6.07) is 9.33. The molecule has 1 aromatic heterocycles. The number of anilines is 3. The Kier molecular flexibility index (Phi) is 2.22. The molecule has 1 amide bonds. The van der Waals surface area contributed by atoms with Gasteiger partial charge in [0, 0.05) is 12.4 Å². The Balaban J connectivity index is 2.13. The van der Waals surface area contributed by atoms with Gasteiger partial charge in [0.15, 0.2) is 0 Å². The van der Waals surface area contributed by atoms with Gasteiger partial charge in [-0.2, -0.15) is 0 Å². The normalized spacial score (nSPS) is 14.1. The lowest BCUT2D eigenvalue weighted by Crippen LogP contribution is -2.37. The molecule has 1 aromatic carbocycles. The minimum absolute atomic E-state index is 0.0603. The highest BCUT2D eigenvalue weighted by molar-refractivity contribution is 6.06. The first-order chi connectivity index (χ1) is 8.36. The van der Waals surface area contributed by atoms with Crippen molar-refractivity contribution in [2.45, 2.75) is 0 Å². The van der Waals surface area contributed by atoms with Gasteiger partial charge in [-0.15, -0.1) is 0 Å². The molecular formula is C12H10N4O. The summed E-state index contributed by atoms with van der Waals surface area (Å²) in [5.41, 5.74) is 1.70. The van der Waals surface area contributed by atoms with Crippen molar-refractivity contribution in [2.24, 2.45) is 0 Å². The first kappa shape index (κ1) is 9.77. The molecule has 0 unspecified atom stereocenters. The van der Waals surface area contributed by atoms with Crippen molar-refractivity contribution in [1.82, 2.24) is 9.97 Å². The molecule has 2 aromatic rings. The third-order valence-corrected chi connectivity index (χ3v) is 2.58. The third-order valence-electron chi connectivity index (χ3n) is 2.58. The first-order valence-corrected chi connectivity index (χ1v) is 5.29. The third kappa shape index (κ3) is 1.61. The molecule has 3 rings (SSSR count). The molecule has 17 heavy (non-hydrogen) atoms. The Hall–Kier alpha value is -2.43. The quantitative estimate of drug-likeness (QED) is 0.801. The fraction of sp³-hybridized carbons (Fsp3) is 0.0833. The lowest BCUT2D eigenvalue weighted by molar-refractivity contribution is -0.116. The number of rotatable bonds is 1. The molecule has 84 valence electrons. The predicted octanol–water partition coefficient (Wildman–Crippen LogP) is 1.57. The summed E-state index contributed by atoms with van der Waals surface area (Å²) >= 11 is 0. The minimum Gasteiger partial charge on any atom is -0.374 e. The van der Waals surface area contributed by atoms with Crippen molar-refractivity contribution in [2.75, 3.05) is 16.8 Å². The average molecular weight is 226 g/mol. The standard InChI is InChI=1S/C12H10N4O/c17-11-8-15-9-4-1-2-5-10(9)16(11)12-13-6-3-7-14-12/h1-7,15H,8H2. The number of amides is 1. The molecule has 1 aliphatic heterocycles. The number of para-hydroxylation sites is 2. The average Bonchev–Trinajstić information content (AvgIpc) is 2.39. The monoisotopic (exact) mass is 226 g/mol. The van der Waals surface area contributed by atoms with Crippen molar-refractivity contribution in [3.05, 3.63) is 42.7 Å². The molecule has 0 spiro atoms. The molecule has 0 bridgehead atoms. The topological polar surface area (TPSA) is 58.1 Å². The number of aromatic nitrogens is 2. The molecule has 0 saturated heterocycles. The summed E-state index contributed by atoms with van der Waals surface area (Å²) in [5.74, 6) is 0.348. The Bertz CT molecular complexity index is 555. The van der Waals surface area contributed by atoms with Gasteiger partial charge in [0.2, 0.25) is 5.95 Å². The molecule has 5 heteroatoms. The van der Waals surface area contributed by atoms with E-state index in [0.29, 0.717) is 5.95 Å². The van der Waals surface area contributed by atoms with E-state index in [1.807, 2.05) is 24.3 Å². The van der Waals surface area contributed by atoms with Crippen LogP contribution in [0.3, 0.4) is 0 Å². The van der Waals surface area contributed by atoms with Crippen molar-refractivity contribution in [3.63, 3.8) is 0 Å². The zero-order valence-corrected chi connectivity index (χ0v) is 9.00. The van der Waals surface area contributed by atoms with Gasteiger partial charge in [0.25, 0.3) is 5.91 Å². The van der Waals surface area contributed by atoms with Gasteiger partial charge >= 0.3 is 0 Å². The van der Waals surface area contributed by atoms with Crippen LogP contribution >= 0.6 is 0 Å². The van der Waals surface area contributed by atoms with Crippen molar-refractivity contribution in [3.8, 4) is 0 Å². The van der Waals surface area contributed by atoms with Crippen LogP contribution in [0.15, 0.2) is 42.7 Å². The lowest BCUT2D eigenvalue weighted by atomic mass is 10.2. The maximum Gasteiger partial charge on any atom is 0.253 e. The molecule has 5 nitrogen and oxygen atoms in total. The smallest absolute Gasteiger partial charge is 0.253 e. The molecule has 0 radical (unpaired) electrons. The second-order valence-electron chi connectivity index (χ2n) is 3.65. The highest BCUT2D eigenvalue weighted by atomic mass is 16.2. The van der Waals surface area contributed by atoms with Crippen LogP contribution in [-0.2, 0) is 4.79 Å². The van der Waals surface area contributed by atoms with E-state index in [1.165, 1.54) is 4.90 Å². The highest BCUT2D eigenvalue weighted by Gasteiger charge is 2.26. The van der Waals surface area contributed by atoms with E-state index < -0.39 is 0 Å². The van der Waals surface area contributed by atoms with Crippen molar-refractivity contribution < 1.29 is 4.79 Å². The molecule has 0 atom stereocenters. The van der Waals surface area contributed by atoms with Crippen molar-refractivity contribution in [1.29, 1.82) is 0 Å². The van der Waals surface area contributed by atoms with E-state index in [2.05, 4.69) is 15.3 Å². The summed E-state index contributed by atoms with van der Waals surface area (Å²) in [4.78, 5) is 21.7. The summed E-state index contributed by atoms with van der Waals surface area (Å²) in [6.45, 7) is 0.259. The molecule has 1 aliphatic rings. The summed E-state index contributed by atoms with van der Waals surface area (Å²) in [5, 5.41) is 3.07. The Morgan fingerprint density at radius 1 is 1.12 bits per heavy atom. The van der Waals surface area contributed by atoms with Gasteiger partial charge in [0.1, 0.15) is 0 Å². The van der Waals surface area contributed by atoms with Crippen LogP contribution in [-0.4, -0.2) is 22.4 Å². The Morgan fingerprint density at radius 2 is 1.88 bits per heavy atom. The number of benzene rings is 1. The van der Waals surface area contributed by atoms with E-state index in [-0.39, 0.29) is 12.5 Å². The number of carbonyl (C=O) groups is 1. The van der Waals surface area contributed by atoms with Crippen LogP contribution in [0.5, 0.6) is 0 Å². The maximum absolute atomic E-state index is 11.9. The molecule has 1 N–H and O–H groups in total. The predicted molar refractivity (Wildman–Crippen MR) is 64.1 cm³/mol. The van der Waals surface area contributed by atoms with Crippen molar-refractivity contribution >= 4 is 23.2 Å². The molecule has 0 fully saturated rings. The first-order valence-electron chi connectivity index (χ1n) is 5.29. The van der Waals surface area contributed by atoms with Gasteiger partial charge < -0.3 is 5.32 Å². The fourth-order valence-corrected chi connectivity index (χ4v) is 1.83. The van der Waals surface area contributed by atoms with E-state index in [0.717, 1.165) is 11.4 Å². The number of fused-ring (bicyclic) bond motifs is 1. The molecular weight excluding hydrogens is 216 g/mol. The SMILES string of the molecule is O=C1CNc2ccccc2N1c1ncccn1. The molecule has 2 heterocycles. The number of hydrogen-bond acceptors (Lipinski definition) is 4. The summed E-state index contributed by atoms with van der Waals surface area (Å²) in [6.07, 6.45) is 3.25. The van der Waals surface area contributed by atoms with E-state index in [1.54, 1.807) is 18.5 Å². The maximum atomic E-state index is 11.9. The van der Waals surface area contributed by atoms with Crippen LogP contribution in [0, 0.1) is 0 Å². The van der Waals surface area contributed by atoms with Crippen LogP contribution in [0.25, 0.3) is 0 Å². The number of hydrogen-bond donors (Lipinski definition) is 1. The van der Waals surface area contributed by atoms with Gasteiger partial charge in [0.05, 0.1) is 17.9 Å². The van der Waals surface area contributed by atoms with Crippen LogP contribution in [0.4, 0.5) is 17.3 Å². The van der Waals surface area contributed by atoms with Gasteiger partial charge in [-0.25, -0.2) is 14.9 Å². The molecule has 0 aliphatic carbocycles. The summed E-state index contributed by atoms with van der Waals surface area (Å²) in [7, 11) is 0. The second-order valence-corrected chi connectivity index (χ2v) is 3.65. The molecule has 0 saturated carbocycles. The number of nitrogens with one attached hydrogen (secondary N) is 1. The largest absolute Gasteiger partial charge is 0.374 e. The van der Waals surface area contributed by atoms with E-state index in [4.69, 9.17) is 0 Å². The zero-order chi connectivity index (χ0) is 11.7. The van der Waals surface area contributed by atoms with Gasteiger partial charge in [-0.1, -0.05) is 12.1 Å². The Labute approximate surface area is 98.1 Å². The zero-order valence-electron chi connectivity index (χ0n) is 9.00.